The van der Waals surface area contributed by atoms with E-state index in [1.54, 1.807) is 17.7 Å². The molecule has 0 aliphatic carbocycles. The molecule has 0 saturated carbocycles. The molecule has 0 amide bonds. The summed E-state index contributed by atoms with van der Waals surface area (Å²) in [5.74, 6) is 0. The van der Waals surface area contributed by atoms with Crippen molar-refractivity contribution in [2.75, 3.05) is 0 Å². The zero-order valence-corrected chi connectivity index (χ0v) is 7.15. The molecule has 2 aromatic heterocycles. The third-order valence-electron chi connectivity index (χ3n) is 1.13. The van der Waals surface area contributed by atoms with Crippen molar-refractivity contribution in [3.8, 4) is 0 Å². The van der Waals surface area contributed by atoms with E-state index in [0.29, 0.717) is 0 Å². The normalized spacial score (nSPS) is 8.36. The maximum absolute atomic E-state index is 4.04. The highest BCUT2D eigenvalue weighted by Crippen LogP contribution is 2.15. The van der Waals surface area contributed by atoms with Gasteiger partial charge in [0, 0.05) is 6.20 Å². The molecule has 0 saturated heterocycles. The van der Waals surface area contributed by atoms with Gasteiger partial charge in [-0.2, -0.15) is 0 Å². The van der Waals surface area contributed by atoms with Gasteiger partial charge >= 0.3 is 0 Å². The van der Waals surface area contributed by atoms with Gasteiger partial charge in [0.2, 0.25) is 0 Å². The zero-order chi connectivity index (χ0) is 6.10. The van der Waals surface area contributed by atoms with Gasteiger partial charge < -0.3 is 5.48 Å². The van der Waals surface area contributed by atoms with E-state index in [2.05, 4.69) is 9.97 Å². The highest BCUT2D eigenvalue weighted by atomic mass is 35.5. The largest absolute Gasteiger partial charge is 0.412 e. The Labute approximate surface area is 73.8 Å². The molecule has 0 unspecified atom stereocenters. The Morgan fingerprint density at radius 2 is 2.18 bits per heavy atom. The lowest BCUT2D eigenvalue weighted by molar-refractivity contribution is 0.824. The van der Waals surface area contributed by atoms with E-state index in [1.165, 1.54) is 0 Å². The molecule has 0 fully saturated rings. The van der Waals surface area contributed by atoms with E-state index >= 15 is 0 Å². The molecule has 0 aromatic carbocycles. The summed E-state index contributed by atoms with van der Waals surface area (Å²) in [5, 5.41) is 2.01. The van der Waals surface area contributed by atoms with Gasteiger partial charge in [-0.3, -0.25) is 0 Å². The van der Waals surface area contributed by atoms with Crippen molar-refractivity contribution in [2.45, 2.75) is 0 Å². The van der Waals surface area contributed by atoms with Crippen LogP contribution in [0.2, 0.25) is 0 Å². The first-order valence-corrected chi connectivity index (χ1v) is 3.48. The van der Waals surface area contributed by atoms with Crippen molar-refractivity contribution in [2.24, 2.45) is 0 Å². The standard InChI is InChI=1S/C6H4N2S.ClH.H2O/c1-2-9-6-3-7-4-8-5(1)6;;/h1-4H;1H;1H2. The predicted molar refractivity (Wildman–Crippen MR) is 48.3 cm³/mol. The average Bonchev–Trinajstić information content (AvgIpc) is 2.33. The average molecular weight is 191 g/mol. The van der Waals surface area contributed by atoms with E-state index < -0.39 is 0 Å². The van der Waals surface area contributed by atoms with Crippen molar-refractivity contribution >= 4 is 34.0 Å². The highest BCUT2D eigenvalue weighted by Gasteiger charge is 1.90. The second-order valence-electron chi connectivity index (χ2n) is 1.69. The van der Waals surface area contributed by atoms with E-state index in [0.717, 1.165) is 10.2 Å². The number of fused-ring (bicyclic) bond motifs is 1. The van der Waals surface area contributed by atoms with Crippen LogP contribution < -0.4 is 0 Å². The van der Waals surface area contributed by atoms with Crippen LogP contribution in [0.5, 0.6) is 0 Å². The summed E-state index contributed by atoms with van der Waals surface area (Å²) < 4.78 is 1.15. The number of rotatable bonds is 0. The summed E-state index contributed by atoms with van der Waals surface area (Å²) in [5.41, 5.74) is 1.04. The molecule has 2 aromatic rings. The molecule has 2 heterocycles. The van der Waals surface area contributed by atoms with Gasteiger partial charge in [-0.05, 0) is 11.4 Å². The fraction of sp³-hybridized carbons (Fsp3) is 0. The molecule has 11 heavy (non-hydrogen) atoms. The van der Waals surface area contributed by atoms with Crippen LogP contribution in [0, 0.1) is 0 Å². The minimum absolute atomic E-state index is 0. The number of nitrogens with zero attached hydrogens (tertiary/aromatic N) is 2. The third kappa shape index (κ3) is 1.86. The summed E-state index contributed by atoms with van der Waals surface area (Å²) in [7, 11) is 0. The quantitative estimate of drug-likeness (QED) is 0.629. The lowest BCUT2D eigenvalue weighted by Crippen LogP contribution is -1.72. The second-order valence-corrected chi connectivity index (χ2v) is 2.64. The van der Waals surface area contributed by atoms with Crippen molar-refractivity contribution in [1.29, 1.82) is 0 Å². The Morgan fingerprint density at radius 1 is 1.36 bits per heavy atom. The van der Waals surface area contributed by atoms with Crippen LogP contribution in [-0.4, -0.2) is 15.4 Å². The minimum atomic E-state index is 0. The first-order chi connectivity index (χ1) is 4.47. The highest BCUT2D eigenvalue weighted by molar-refractivity contribution is 7.17. The van der Waals surface area contributed by atoms with E-state index in [4.69, 9.17) is 0 Å². The Balaban J connectivity index is 0.000000500. The summed E-state index contributed by atoms with van der Waals surface area (Å²) in [4.78, 5) is 7.92. The monoisotopic (exact) mass is 190 g/mol. The van der Waals surface area contributed by atoms with Gasteiger partial charge in [0.05, 0.1) is 10.2 Å². The molecule has 2 rings (SSSR count). The van der Waals surface area contributed by atoms with Crippen molar-refractivity contribution < 1.29 is 5.48 Å². The molecule has 2 N–H and O–H groups in total. The number of thiophene rings is 1. The van der Waals surface area contributed by atoms with E-state index in [1.807, 2.05) is 17.6 Å². The van der Waals surface area contributed by atoms with Crippen LogP contribution in [0.4, 0.5) is 0 Å². The van der Waals surface area contributed by atoms with Crippen LogP contribution in [0.25, 0.3) is 10.2 Å². The number of hydrogen-bond acceptors (Lipinski definition) is 3. The molecule has 0 aliphatic rings. The first-order valence-electron chi connectivity index (χ1n) is 2.60. The summed E-state index contributed by atoms with van der Waals surface area (Å²) >= 11 is 1.66. The lowest BCUT2D eigenvalue weighted by atomic mass is 10.5. The molecular formula is C6H7ClN2OS. The topological polar surface area (TPSA) is 57.3 Å². The molecular weight excluding hydrogens is 184 g/mol. The number of halogens is 1. The summed E-state index contributed by atoms with van der Waals surface area (Å²) in [6.07, 6.45) is 3.39. The molecule has 0 spiro atoms. The second kappa shape index (κ2) is 4.23. The smallest absolute Gasteiger partial charge is 0.116 e. The van der Waals surface area contributed by atoms with Gasteiger partial charge in [-0.25, -0.2) is 9.97 Å². The minimum Gasteiger partial charge on any atom is -0.412 e. The van der Waals surface area contributed by atoms with Crippen LogP contribution in [0.15, 0.2) is 24.0 Å². The van der Waals surface area contributed by atoms with Gasteiger partial charge in [0.25, 0.3) is 0 Å². The van der Waals surface area contributed by atoms with Gasteiger partial charge in [-0.1, -0.05) is 0 Å². The van der Waals surface area contributed by atoms with Crippen LogP contribution >= 0.6 is 23.7 Å². The molecule has 0 atom stereocenters. The van der Waals surface area contributed by atoms with Gasteiger partial charge in [-0.15, -0.1) is 23.7 Å². The fourth-order valence-corrected chi connectivity index (χ4v) is 1.42. The third-order valence-corrected chi connectivity index (χ3v) is 1.97. The molecule has 0 radical (unpaired) electrons. The molecule has 60 valence electrons. The Bertz CT molecular complexity index is 295. The van der Waals surface area contributed by atoms with Crippen molar-refractivity contribution in [1.82, 2.24) is 9.97 Å². The van der Waals surface area contributed by atoms with Crippen LogP contribution in [0.1, 0.15) is 0 Å². The molecule has 3 nitrogen and oxygen atoms in total. The summed E-state index contributed by atoms with van der Waals surface area (Å²) in [6, 6.07) is 1.99. The Kier molecular flexibility index (Phi) is 3.95. The van der Waals surface area contributed by atoms with Crippen LogP contribution in [0.3, 0.4) is 0 Å². The maximum atomic E-state index is 4.04. The maximum Gasteiger partial charge on any atom is 0.116 e. The van der Waals surface area contributed by atoms with E-state index in [9.17, 15) is 0 Å². The van der Waals surface area contributed by atoms with Crippen LogP contribution in [-0.2, 0) is 0 Å². The lowest BCUT2D eigenvalue weighted by Gasteiger charge is -1.81. The predicted octanol–water partition coefficient (Wildman–Crippen LogP) is 1.29. The van der Waals surface area contributed by atoms with Crippen molar-refractivity contribution in [3.05, 3.63) is 24.0 Å². The Morgan fingerprint density at radius 3 is 2.91 bits per heavy atom. The molecule has 5 heteroatoms. The van der Waals surface area contributed by atoms with Gasteiger partial charge in [0.1, 0.15) is 6.33 Å². The SMILES string of the molecule is Cl.O.c1ncc2sccc2n1. The Hall–Kier alpha value is -0.710. The number of aromatic nitrogens is 2. The first kappa shape index (κ1) is 10.3. The molecule has 0 aliphatic heterocycles. The zero-order valence-electron chi connectivity index (χ0n) is 5.52. The van der Waals surface area contributed by atoms with E-state index in [-0.39, 0.29) is 17.9 Å². The number of hydrogen-bond donors (Lipinski definition) is 0. The van der Waals surface area contributed by atoms with Crippen molar-refractivity contribution in [3.63, 3.8) is 0 Å². The molecule has 0 bridgehead atoms. The fourth-order valence-electron chi connectivity index (χ4n) is 0.714. The summed E-state index contributed by atoms with van der Waals surface area (Å²) in [6.45, 7) is 0. The van der Waals surface area contributed by atoms with Gasteiger partial charge in [0.15, 0.2) is 0 Å².